The third kappa shape index (κ3) is 4.35. The molecule has 0 saturated carbocycles. The van der Waals surface area contributed by atoms with Gasteiger partial charge in [-0.25, -0.2) is 22.8 Å². The molecular formula is C20H22FN5O2S2. The second kappa shape index (κ2) is 8.37. The number of nitrogens with one attached hydrogen (secondary N) is 1. The first kappa shape index (κ1) is 20.8. The van der Waals surface area contributed by atoms with Gasteiger partial charge in [0, 0.05) is 30.6 Å². The summed E-state index contributed by atoms with van der Waals surface area (Å²) in [5, 5.41) is 5.88. The molecule has 7 nitrogen and oxygen atoms in total. The molecule has 0 radical (unpaired) electrons. The molecule has 10 heteroatoms. The number of benzene rings is 1. The minimum atomic E-state index is -3.64. The monoisotopic (exact) mass is 447 g/mol. The van der Waals surface area contributed by atoms with E-state index in [2.05, 4.69) is 20.3 Å². The summed E-state index contributed by atoms with van der Waals surface area (Å²) in [6.07, 6.45) is 4.68. The van der Waals surface area contributed by atoms with Crippen molar-refractivity contribution < 1.29 is 12.8 Å². The predicted molar refractivity (Wildman–Crippen MR) is 114 cm³/mol. The molecule has 158 valence electrons. The number of aromatic nitrogens is 3. The molecule has 1 aliphatic rings. The molecule has 3 aromatic rings. The van der Waals surface area contributed by atoms with Crippen LogP contribution in [0.25, 0.3) is 0 Å². The van der Waals surface area contributed by atoms with E-state index in [1.807, 2.05) is 12.3 Å². The van der Waals surface area contributed by atoms with Crippen molar-refractivity contribution in [2.24, 2.45) is 0 Å². The SMILES string of the molecule is Cc1csc(Nc2cncc(C3CCN(S(=O)(=O)c4ccc(F)c(C)c4)CC3)n2)n1. The molecule has 1 aliphatic heterocycles. The molecule has 1 aromatic carbocycles. The molecule has 0 amide bonds. The Hall–Kier alpha value is -2.43. The zero-order valence-corrected chi connectivity index (χ0v) is 18.3. The largest absolute Gasteiger partial charge is 0.315 e. The van der Waals surface area contributed by atoms with Gasteiger partial charge in [0.25, 0.3) is 0 Å². The van der Waals surface area contributed by atoms with Gasteiger partial charge in [-0.15, -0.1) is 11.3 Å². The molecule has 3 heterocycles. The van der Waals surface area contributed by atoms with E-state index in [0.717, 1.165) is 16.5 Å². The average molecular weight is 448 g/mol. The van der Waals surface area contributed by atoms with Crippen LogP contribution in [-0.4, -0.2) is 40.8 Å². The van der Waals surface area contributed by atoms with Crippen molar-refractivity contribution in [3.63, 3.8) is 0 Å². The van der Waals surface area contributed by atoms with Gasteiger partial charge in [-0.2, -0.15) is 4.31 Å². The molecule has 4 rings (SSSR count). The van der Waals surface area contributed by atoms with Gasteiger partial charge in [0.05, 0.1) is 22.5 Å². The van der Waals surface area contributed by atoms with Crippen LogP contribution < -0.4 is 5.32 Å². The fraction of sp³-hybridized carbons (Fsp3) is 0.350. The van der Waals surface area contributed by atoms with E-state index >= 15 is 0 Å². The van der Waals surface area contributed by atoms with Crippen LogP contribution in [0.3, 0.4) is 0 Å². The molecule has 1 saturated heterocycles. The number of hydrogen-bond acceptors (Lipinski definition) is 7. The maximum atomic E-state index is 13.5. The van der Waals surface area contributed by atoms with Crippen molar-refractivity contribution in [1.82, 2.24) is 19.3 Å². The predicted octanol–water partition coefficient (Wildman–Crippen LogP) is 4.00. The number of piperidine rings is 1. The summed E-state index contributed by atoms with van der Waals surface area (Å²) in [7, 11) is -3.64. The Morgan fingerprint density at radius 1 is 1.17 bits per heavy atom. The zero-order valence-electron chi connectivity index (χ0n) is 16.7. The molecule has 0 unspecified atom stereocenters. The van der Waals surface area contributed by atoms with Crippen molar-refractivity contribution in [2.45, 2.75) is 37.5 Å². The quantitative estimate of drug-likeness (QED) is 0.636. The first-order valence-electron chi connectivity index (χ1n) is 9.60. The second-order valence-corrected chi connectivity index (χ2v) is 10.1. The molecule has 1 fully saturated rings. The number of hydrogen-bond donors (Lipinski definition) is 1. The molecule has 30 heavy (non-hydrogen) atoms. The lowest BCUT2D eigenvalue weighted by Crippen LogP contribution is -2.38. The van der Waals surface area contributed by atoms with E-state index in [4.69, 9.17) is 0 Å². The van der Waals surface area contributed by atoms with Crippen molar-refractivity contribution >= 4 is 32.3 Å². The molecule has 1 N–H and O–H groups in total. The Labute approximate surface area is 179 Å². The first-order chi connectivity index (χ1) is 14.3. The molecule has 0 bridgehead atoms. The number of rotatable bonds is 5. The minimum absolute atomic E-state index is 0.124. The van der Waals surface area contributed by atoms with Gasteiger partial charge in [-0.05, 0) is 50.5 Å². The van der Waals surface area contributed by atoms with Gasteiger partial charge in [0.2, 0.25) is 10.0 Å². The van der Waals surface area contributed by atoms with Crippen LogP contribution in [0.2, 0.25) is 0 Å². The molecule has 0 spiro atoms. The van der Waals surface area contributed by atoms with Crippen LogP contribution >= 0.6 is 11.3 Å². The smallest absolute Gasteiger partial charge is 0.243 e. The van der Waals surface area contributed by atoms with Crippen LogP contribution in [0.4, 0.5) is 15.3 Å². The normalized spacial score (nSPS) is 16.0. The van der Waals surface area contributed by atoms with Gasteiger partial charge < -0.3 is 5.32 Å². The first-order valence-corrected chi connectivity index (χ1v) is 11.9. The highest BCUT2D eigenvalue weighted by Gasteiger charge is 2.31. The summed E-state index contributed by atoms with van der Waals surface area (Å²) in [5.41, 5.74) is 2.10. The van der Waals surface area contributed by atoms with Crippen LogP contribution in [0.5, 0.6) is 0 Å². The summed E-state index contributed by atoms with van der Waals surface area (Å²) in [5.74, 6) is 0.338. The van der Waals surface area contributed by atoms with Crippen LogP contribution in [-0.2, 0) is 10.0 Å². The van der Waals surface area contributed by atoms with E-state index in [1.54, 1.807) is 19.3 Å². The number of halogens is 1. The van der Waals surface area contributed by atoms with E-state index in [9.17, 15) is 12.8 Å². The standard InChI is InChI=1S/C20H22FN5O2S2/c1-13-9-16(3-4-17(13)21)30(27,28)26-7-5-15(6-8-26)18-10-22-11-19(24-18)25-20-23-14(2)12-29-20/h3-4,9-12,15H,5-8H2,1-2H3,(H,23,24,25). The van der Waals surface area contributed by atoms with E-state index in [0.29, 0.717) is 37.3 Å². The molecular weight excluding hydrogens is 425 g/mol. The number of sulfonamides is 1. The fourth-order valence-corrected chi connectivity index (χ4v) is 5.73. The third-order valence-corrected chi connectivity index (χ3v) is 7.92. The highest BCUT2D eigenvalue weighted by atomic mass is 32.2. The summed E-state index contributed by atoms with van der Waals surface area (Å²) in [4.78, 5) is 13.4. The summed E-state index contributed by atoms with van der Waals surface area (Å²) in [6, 6.07) is 3.91. The second-order valence-electron chi connectivity index (χ2n) is 7.34. The highest BCUT2D eigenvalue weighted by molar-refractivity contribution is 7.89. The van der Waals surface area contributed by atoms with Gasteiger partial charge >= 0.3 is 0 Å². The van der Waals surface area contributed by atoms with Crippen LogP contribution in [0, 0.1) is 19.7 Å². The van der Waals surface area contributed by atoms with Crippen molar-refractivity contribution in [3.8, 4) is 0 Å². The number of nitrogens with zero attached hydrogens (tertiary/aromatic N) is 4. The summed E-state index contributed by atoms with van der Waals surface area (Å²) in [6.45, 7) is 4.26. The van der Waals surface area contributed by atoms with Gasteiger partial charge in [0.1, 0.15) is 5.82 Å². The van der Waals surface area contributed by atoms with E-state index < -0.39 is 15.8 Å². The molecule has 0 aliphatic carbocycles. The van der Waals surface area contributed by atoms with Crippen molar-refractivity contribution in [2.75, 3.05) is 18.4 Å². The van der Waals surface area contributed by atoms with Gasteiger partial charge in [-0.1, -0.05) is 0 Å². The number of anilines is 2. The topological polar surface area (TPSA) is 88.1 Å². The maximum absolute atomic E-state index is 13.5. The number of aryl methyl sites for hydroxylation is 2. The van der Waals surface area contributed by atoms with Crippen LogP contribution in [0.15, 0.2) is 40.9 Å². The van der Waals surface area contributed by atoms with E-state index in [-0.39, 0.29) is 10.8 Å². The highest BCUT2D eigenvalue weighted by Crippen LogP contribution is 2.31. The van der Waals surface area contributed by atoms with Gasteiger partial charge in [-0.3, -0.25) is 4.98 Å². The Kier molecular flexibility index (Phi) is 5.81. The van der Waals surface area contributed by atoms with E-state index in [1.165, 1.54) is 33.8 Å². The Balaban J connectivity index is 1.44. The Morgan fingerprint density at radius 2 is 1.93 bits per heavy atom. The number of thiazole rings is 1. The fourth-order valence-electron chi connectivity index (χ4n) is 3.48. The lowest BCUT2D eigenvalue weighted by molar-refractivity contribution is 0.316. The third-order valence-electron chi connectivity index (χ3n) is 5.15. The summed E-state index contributed by atoms with van der Waals surface area (Å²) < 4.78 is 40.8. The Morgan fingerprint density at radius 3 is 2.60 bits per heavy atom. The van der Waals surface area contributed by atoms with Gasteiger partial charge in [0.15, 0.2) is 10.9 Å². The maximum Gasteiger partial charge on any atom is 0.243 e. The van der Waals surface area contributed by atoms with Crippen molar-refractivity contribution in [3.05, 3.63) is 58.7 Å². The van der Waals surface area contributed by atoms with Crippen molar-refractivity contribution in [1.29, 1.82) is 0 Å². The summed E-state index contributed by atoms with van der Waals surface area (Å²) >= 11 is 1.50. The zero-order chi connectivity index (χ0) is 21.3. The lowest BCUT2D eigenvalue weighted by Gasteiger charge is -2.31. The molecule has 0 atom stereocenters. The minimum Gasteiger partial charge on any atom is -0.315 e. The lowest BCUT2D eigenvalue weighted by atomic mass is 9.95. The average Bonchev–Trinajstić information content (AvgIpc) is 3.15. The van der Waals surface area contributed by atoms with Crippen LogP contribution in [0.1, 0.15) is 35.7 Å². The molecule has 2 aromatic heterocycles. The Bertz CT molecular complexity index is 1160.